The van der Waals surface area contributed by atoms with E-state index < -0.39 is 0 Å². The lowest BCUT2D eigenvalue weighted by molar-refractivity contribution is 0.628. The number of hydrogen-bond donors (Lipinski definition) is 2. The van der Waals surface area contributed by atoms with E-state index >= 15 is 0 Å². The average molecular weight is 200 g/mol. The zero-order chi connectivity index (χ0) is 9.68. The first-order valence-electron chi connectivity index (χ1n) is 4.02. The van der Waals surface area contributed by atoms with Crippen LogP contribution in [-0.2, 0) is 0 Å². The van der Waals surface area contributed by atoms with Crippen LogP contribution in [0.15, 0.2) is 18.2 Å². The molecule has 0 amide bonds. The molecule has 1 rings (SSSR count). The molecule has 0 unspecified atom stereocenters. The van der Waals surface area contributed by atoms with Gasteiger partial charge in [-0.25, -0.2) is 4.39 Å². The molecule has 0 aliphatic rings. The molecule has 1 aromatic carbocycles. The Kier molecular flexibility index (Phi) is 3.89. The second-order valence-electron chi connectivity index (χ2n) is 2.65. The number of nitrogen functional groups attached to an aromatic ring is 1. The monoisotopic (exact) mass is 200 g/mol. The number of halogens is 1. The van der Waals surface area contributed by atoms with Crippen molar-refractivity contribution in [1.82, 2.24) is 0 Å². The number of thioether (sulfide) groups is 1. The van der Waals surface area contributed by atoms with Crippen molar-refractivity contribution in [1.29, 1.82) is 0 Å². The van der Waals surface area contributed by atoms with Gasteiger partial charge >= 0.3 is 0 Å². The van der Waals surface area contributed by atoms with Crippen LogP contribution in [0, 0.1) is 5.82 Å². The number of nitrogens with one attached hydrogen (secondary N) is 1. The van der Waals surface area contributed by atoms with Gasteiger partial charge in [-0.1, -0.05) is 0 Å². The van der Waals surface area contributed by atoms with Crippen LogP contribution in [0.2, 0.25) is 0 Å². The Balaban J connectivity index is 2.59. The van der Waals surface area contributed by atoms with E-state index in [4.69, 9.17) is 5.73 Å². The fourth-order valence-corrected chi connectivity index (χ4v) is 1.28. The summed E-state index contributed by atoms with van der Waals surface area (Å²) in [6, 6.07) is 4.33. The minimum atomic E-state index is -0.263. The Hall–Kier alpha value is -0.900. The summed E-state index contributed by atoms with van der Waals surface area (Å²) in [4.78, 5) is 0. The summed E-state index contributed by atoms with van der Waals surface area (Å²) in [7, 11) is 0. The molecule has 0 spiro atoms. The predicted molar refractivity (Wildman–Crippen MR) is 57.7 cm³/mol. The van der Waals surface area contributed by atoms with Crippen molar-refractivity contribution in [3.8, 4) is 0 Å². The highest BCUT2D eigenvalue weighted by molar-refractivity contribution is 7.98. The molecule has 0 bridgehead atoms. The highest BCUT2D eigenvalue weighted by atomic mass is 32.2. The van der Waals surface area contributed by atoms with Crippen molar-refractivity contribution in [3.63, 3.8) is 0 Å². The first-order valence-corrected chi connectivity index (χ1v) is 5.41. The molecular formula is C9H13FN2S. The lowest BCUT2D eigenvalue weighted by Gasteiger charge is -2.07. The molecule has 0 aliphatic carbocycles. The van der Waals surface area contributed by atoms with Crippen LogP contribution >= 0.6 is 11.8 Å². The molecule has 0 fully saturated rings. The summed E-state index contributed by atoms with van der Waals surface area (Å²) in [5, 5.41) is 3.07. The van der Waals surface area contributed by atoms with Crippen LogP contribution in [0.25, 0.3) is 0 Å². The summed E-state index contributed by atoms with van der Waals surface area (Å²) in [5.74, 6) is 0.719. The lowest BCUT2D eigenvalue weighted by Crippen LogP contribution is -2.06. The number of hydrogen-bond acceptors (Lipinski definition) is 3. The van der Waals surface area contributed by atoms with E-state index in [-0.39, 0.29) is 5.82 Å². The van der Waals surface area contributed by atoms with Crippen molar-refractivity contribution < 1.29 is 4.39 Å². The molecular weight excluding hydrogens is 187 g/mol. The van der Waals surface area contributed by atoms with Crippen molar-refractivity contribution in [2.45, 2.75) is 0 Å². The second kappa shape index (κ2) is 4.97. The molecule has 0 radical (unpaired) electrons. The Labute approximate surface area is 81.7 Å². The fourth-order valence-electron chi connectivity index (χ4n) is 0.969. The van der Waals surface area contributed by atoms with Crippen molar-refractivity contribution in [2.75, 3.05) is 29.6 Å². The largest absolute Gasteiger partial charge is 0.397 e. The van der Waals surface area contributed by atoms with E-state index in [0.29, 0.717) is 11.4 Å². The smallest absolute Gasteiger partial charge is 0.125 e. The van der Waals surface area contributed by atoms with Gasteiger partial charge in [0.25, 0.3) is 0 Å². The number of rotatable bonds is 4. The van der Waals surface area contributed by atoms with Crippen LogP contribution in [0.4, 0.5) is 15.8 Å². The topological polar surface area (TPSA) is 38.0 Å². The van der Waals surface area contributed by atoms with Crippen LogP contribution < -0.4 is 11.1 Å². The quantitative estimate of drug-likeness (QED) is 0.578. The van der Waals surface area contributed by atoms with Crippen LogP contribution in [-0.4, -0.2) is 18.6 Å². The second-order valence-corrected chi connectivity index (χ2v) is 3.64. The van der Waals surface area contributed by atoms with Crippen LogP contribution in [0.3, 0.4) is 0 Å². The summed E-state index contributed by atoms with van der Waals surface area (Å²) in [6.45, 7) is 0.800. The van der Waals surface area contributed by atoms with E-state index in [1.807, 2.05) is 6.26 Å². The number of anilines is 2. The van der Waals surface area contributed by atoms with Crippen LogP contribution in [0.1, 0.15) is 0 Å². The first-order chi connectivity index (χ1) is 6.24. The predicted octanol–water partition coefficient (Wildman–Crippen LogP) is 2.18. The maximum atomic E-state index is 12.8. The first kappa shape index (κ1) is 10.2. The third kappa shape index (κ3) is 3.14. The molecule has 4 heteroatoms. The Morgan fingerprint density at radius 2 is 2.31 bits per heavy atom. The summed E-state index contributed by atoms with van der Waals surface area (Å²) >= 11 is 1.73. The van der Waals surface area contributed by atoms with E-state index in [1.54, 1.807) is 17.8 Å². The molecule has 0 aromatic heterocycles. The molecule has 0 aliphatic heterocycles. The molecule has 0 atom stereocenters. The normalized spacial score (nSPS) is 10.0. The Bertz CT molecular complexity index is 278. The standard InChI is InChI=1S/C9H13FN2S/c1-13-5-4-12-9-6-7(10)2-3-8(9)11/h2-3,6,12H,4-5,11H2,1H3. The molecule has 0 saturated heterocycles. The van der Waals surface area contributed by atoms with Gasteiger partial charge in [-0.3, -0.25) is 0 Å². The zero-order valence-electron chi connectivity index (χ0n) is 7.51. The van der Waals surface area contributed by atoms with Gasteiger partial charge in [0.2, 0.25) is 0 Å². The lowest BCUT2D eigenvalue weighted by atomic mass is 10.2. The van der Waals surface area contributed by atoms with Gasteiger partial charge in [-0.2, -0.15) is 11.8 Å². The number of benzene rings is 1. The van der Waals surface area contributed by atoms with Gasteiger partial charge in [0.15, 0.2) is 0 Å². The minimum absolute atomic E-state index is 0.263. The molecule has 2 nitrogen and oxygen atoms in total. The van der Waals surface area contributed by atoms with Gasteiger partial charge in [-0.05, 0) is 24.5 Å². The molecule has 1 aromatic rings. The fraction of sp³-hybridized carbons (Fsp3) is 0.333. The van der Waals surface area contributed by atoms with Gasteiger partial charge in [0.1, 0.15) is 5.82 Å². The van der Waals surface area contributed by atoms with E-state index in [0.717, 1.165) is 12.3 Å². The highest BCUT2D eigenvalue weighted by Crippen LogP contribution is 2.18. The molecule has 3 N–H and O–H groups in total. The van der Waals surface area contributed by atoms with Gasteiger partial charge in [-0.15, -0.1) is 0 Å². The third-order valence-electron chi connectivity index (χ3n) is 1.64. The zero-order valence-corrected chi connectivity index (χ0v) is 8.33. The van der Waals surface area contributed by atoms with E-state index in [9.17, 15) is 4.39 Å². The summed E-state index contributed by atoms with van der Waals surface area (Å²) in [6.07, 6.45) is 2.02. The highest BCUT2D eigenvalue weighted by Gasteiger charge is 1.99. The minimum Gasteiger partial charge on any atom is -0.397 e. The molecule has 72 valence electrons. The van der Waals surface area contributed by atoms with Crippen molar-refractivity contribution >= 4 is 23.1 Å². The van der Waals surface area contributed by atoms with E-state index in [2.05, 4.69) is 5.32 Å². The van der Waals surface area contributed by atoms with Crippen molar-refractivity contribution in [2.24, 2.45) is 0 Å². The Morgan fingerprint density at radius 1 is 1.54 bits per heavy atom. The molecule has 0 heterocycles. The van der Waals surface area contributed by atoms with Gasteiger partial charge in [0.05, 0.1) is 11.4 Å². The van der Waals surface area contributed by atoms with E-state index in [1.165, 1.54) is 12.1 Å². The molecule has 0 saturated carbocycles. The van der Waals surface area contributed by atoms with Gasteiger partial charge < -0.3 is 11.1 Å². The molecule has 13 heavy (non-hydrogen) atoms. The summed E-state index contributed by atoms with van der Waals surface area (Å²) < 4.78 is 12.8. The maximum absolute atomic E-state index is 12.8. The Morgan fingerprint density at radius 3 is 3.00 bits per heavy atom. The number of nitrogens with two attached hydrogens (primary N) is 1. The van der Waals surface area contributed by atoms with Gasteiger partial charge in [0, 0.05) is 12.3 Å². The average Bonchev–Trinajstić information content (AvgIpc) is 2.11. The summed E-state index contributed by atoms with van der Waals surface area (Å²) in [5.41, 5.74) is 6.90. The van der Waals surface area contributed by atoms with Crippen molar-refractivity contribution in [3.05, 3.63) is 24.0 Å². The maximum Gasteiger partial charge on any atom is 0.125 e. The third-order valence-corrected chi connectivity index (χ3v) is 2.25. The van der Waals surface area contributed by atoms with Crippen LogP contribution in [0.5, 0.6) is 0 Å². The SMILES string of the molecule is CSCCNc1cc(F)ccc1N.